The van der Waals surface area contributed by atoms with Gasteiger partial charge in [0.25, 0.3) is 0 Å². The number of nitrogens with one attached hydrogen (secondary N) is 1. The third-order valence-corrected chi connectivity index (χ3v) is 6.74. The molecule has 0 radical (unpaired) electrons. The Hall–Kier alpha value is -3.03. The summed E-state index contributed by atoms with van der Waals surface area (Å²) in [7, 11) is 0. The molecule has 6 nitrogen and oxygen atoms in total. The molecule has 0 saturated heterocycles. The smallest absolute Gasteiger partial charge is 0.157 e. The van der Waals surface area contributed by atoms with E-state index >= 15 is 0 Å². The van der Waals surface area contributed by atoms with Gasteiger partial charge in [-0.3, -0.25) is 4.98 Å². The summed E-state index contributed by atoms with van der Waals surface area (Å²) in [6.07, 6.45) is 9.85. The molecule has 31 heavy (non-hydrogen) atoms. The number of fused-ring (bicyclic) bond motifs is 4. The van der Waals surface area contributed by atoms with Crippen molar-refractivity contribution in [2.45, 2.75) is 37.6 Å². The first-order chi connectivity index (χ1) is 14.9. The number of H-pyrrole nitrogens is 1. The molecule has 2 aliphatic carbocycles. The maximum Gasteiger partial charge on any atom is 0.157 e. The van der Waals surface area contributed by atoms with Gasteiger partial charge < -0.3 is 10.7 Å². The number of rotatable bonds is 2. The summed E-state index contributed by atoms with van der Waals surface area (Å²) < 4.78 is 15.3. The van der Waals surface area contributed by atoms with Crippen molar-refractivity contribution in [1.82, 2.24) is 24.6 Å². The quantitative estimate of drug-likeness (QED) is 0.466. The maximum atomic E-state index is 13.6. The largest absolute Gasteiger partial charge is 0.358 e. The third kappa shape index (κ3) is 2.77. The molecule has 8 heteroatoms. The van der Waals surface area contributed by atoms with E-state index in [-0.39, 0.29) is 6.04 Å². The Morgan fingerprint density at radius 3 is 3.00 bits per heavy atom. The number of aromatic amines is 1. The lowest BCUT2D eigenvalue weighted by molar-refractivity contribution is 0.562. The molecule has 2 aliphatic rings. The van der Waals surface area contributed by atoms with Crippen LogP contribution in [-0.2, 0) is 18.3 Å². The lowest BCUT2D eigenvalue weighted by atomic mass is 9.77. The van der Waals surface area contributed by atoms with Crippen LogP contribution in [0.1, 0.15) is 41.6 Å². The number of halogens is 2. The summed E-state index contributed by atoms with van der Waals surface area (Å²) in [5.41, 5.74) is 13.4. The molecule has 0 spiro atoms. The highest BCUT2D eigenvalue weighted by atomic mass is 35.5. The molecular weight excluding hydrogens is 415 g/mol. The van der Waals surface area contributed by atoms with E-state index in [0.717, 1.165) is 36.8 Å². The molecule has 0 fully saturated rings. The molecule has 1 unspecified atom stereocenters. The lowest BCUT2D eigenvalue weighted by Crippen LogP contribution is -2.30. The first kappa shape index (κ1) is 18.7. The Kier molecular flexibility index (Phi) is 3.91. The second-order valence-corrected chi connectivity index (χ2v) is 8.95. The minimum absolute atomic E-state index is 0.178. The summed E-state index contributed by atoms with van der Waals surface area (Å²) in [5, 5.41) is 5.20. The first-order valence-electron chi connectivity index (χ1n) is 10.3. The summed E-state index contributed by atoms with van der Waals surface area (Å²) in [6.45, 7) is 2.16. The van der Waals surface area contributed by atoms with Crippen molar-refractivity contribution in [3.63, 3.8) is 0 Å². The molecule has 0 amide bonds. The number of allylic oxidation sites excluding steroid dienone is 1. The highest BCUT2D eigenvalue weighted by Gasteiger charge is 2.40. The average Bonchev–Trinajstić information content (AvgIpc) is 3.42. The van der Waals surface area contributed by atoms with Crippen LogP contribution in [0.2, 0.25) is 5.15 Å². The van der Waals surface area contributed by atoms with Crippen molar-refractivity contribution in [2.24, 2.45) is 5.73 Å². The van der Waals surface area contributed by atoms with E-state index in [4.69, 9.17) is 22.4 Å². The number of hydrogen-bond acceptors (Lipinski definition) is 4. The molecule has 3 N–H and O–H groups in total. The van der Waals surface area contributed by atoms with Gasteiger partial charge in [0.15, 0.2) is 5.65 Å². The van der Waals surface area contributed by atoms with E-state index in [1.165, 1.54) is 22.9 Å². The van der Waals surface area contributed by atoms with Crippen LogP contribution in [0.25, 0.3) is 23.0 Å². The molecule has 4 heterocycles. The molecule has 2 atom stereocenters. The minimum atomic E-state index is -0.420. The van der Waals surface area contributed by atoms with Crippen LogP contribution in [-0.4, -0.2) is 30.6 Å². The predicted molar refractivity (Wildman–Crippen MR) is 117 cm³/mol. The van der Waals surface area contributed by atoms with E-state index in [1.54, 1.807) is 16.8 Å². The van der Waals surface area contributed by atoms with Crippen LogP contribution in [0.15, 0.2) is 36.7 Å². The van der Waals surface area contributed by atoms with Gasteiger partial charge in [-0.25, -0.2) is 13.9 Å². The first-order valence-corrected chi connectivity index (χ1v) is 10.7. The second kappa shape index (κ2) is 6.48. The van der Waals surface area contributed by atoms with Gasteiger partial charge >= 0.3 is 0 Å². The maximum absolute atomic E-state index is 13.6. The molecule has 6 rings (SSSR count). The van der Waals surface area contributed by atoms with Gasteiger partial charge in [-0.15, -0.1) is 0 Å². The number of aromatic nitrogens is 5. The SMILES string of the molecule is CC1(c2cc3nc(-c4cncc(F)c4)cc(Cl)n3n2)C=Cc2[nH]c3c(c21)C[C@H](N)CC3. The van der Waals surface area contributed by atoms with Crippen LogP contribution >= 0.6 is 11.6 Å². The van der Waals surface area contributed by atoms with Crippen LogP contribution in [0, 0.1) is 5.82 Å². The van der Waals surface area contributed by atoms with Gasteiger partial charge in [-0.05, 0) is 49.5 Å². The van der Waals surface area contributed by atoms with E-state index in [9.17, 15) is 4.39 Å². The molecule has 0 aliphatic heterocycles. The Bertz CT molecular complexity index is 1390. The topological polar surface area (TPSA) is 84.9 Å². The fourth-order valence-corrected chi connectivity index (χ4v) is 5.13. The summed E-state index contributed by atoms with van der Waals surface area (Å²) >= 11 is 6.54. The summed E-state index contributed by atoms with van der Waals surface area (Å²) in [6, 6.07) is 5.19. The van der Waals surface area contributed by atoms with Gasteiger partial charge in [-0.2, -0.15) is 5.10 Å². The molecule has 156 valence electrons. The van der Waals surface area contributed by atoms with Crippen molar-refractivity contribution in [2.75, 3.05) is 0 Å². The van der Waals surface area contributed by atoms with Crippen LogP contribution in [0.5, 0.6) is 0 Å². The molecule has 0 bridgehead atoms. The summed E-state index contributed by atoms with van der Waals surface area (Å²) in [4.78, 5) is 12.2. The molecule has 0 saturated carbocycles. The van der Waals surface area contributed by atoms with Crippen molar-refractivity contribution in [3.8, 4) is 11.3 Å². The average molecular weight is 435 g/mol. The fraction of sp³-hybridized carbons (Fsp3) is 0.261. The van der Waals surface area contributed by atoms with E-state index in [0.29, 0.717) is 22.1 Å². The van der Waals surface area contributed by atoms with Gasteiger partial charge in [0.1, 0.15) is 11.0 Å². The summed E-state index contributed by atoms with van der Waals surface area (Å²) in [5.74, 6) is -0.420. The molecule has 4 aromatic rings. The zero-order valence-electron chi connectivity index (χ0n) is 16.9. The van der Waals surface area contributed by atoms with Gasteiger partial charge in [0, 0.05) is 41.3 Å². The van der Waals surface area contributed by atoms with E-state index < -0.39 is 11.2 Å². The van der Waals surface area contributed by atoms with E-state index in [1.807, 2.05) is 6.07 Å². The number of aryl methyl sites for hydroxylation is 1. The van der Waals surface area contributed by atoms with Crippen LogP contribution in [0.4, 0.5) is 4.39 Å². The molecule has 4 aromatic heterocycles. The number of nitrogens with zero attached hydrogens (tertiary/aromatic N) is 4. The fourth-order valence-electron chi connectivity index (χ4n) is 4.90. The van der Waals surface area contributed by atoms with Crippen molar-refractivity contribution in [1.29, 1.82) is 0 Å². The van der Waals surface area contributed by atoms with Crippen molar-refractivity contribution < 1.29 is 4.39 Å². The standard InChI is InChI=1S/C23H20ClFN6/c1-23(5-4-17-22(23)15-7-14(26)2-3-16(15)28-17)19-9-21-29-18(8-20(24)31(21)30-19)12-6-13(25)11-27-10-12/h4-6,8-11,14,28H,2-3,7,26H2,1H3/t14-,23?/m1/s1. The van der Waals surface area contributed by atoms with Crippen molar-refractivity contribution >= 4 is 23.3 Å². The number of hydrogen-bond donors (Lipinski definition) is 2. The van der Waals surface area contributed by atoms with E-state index in [2.05, 4.69) is 34.0 Å². The minimum Gasteiger partial charge on any atom is -0.358 e. The van der Waals surface area contributed by atoms with Gasteiger partial charge in [-0.1, -0.05) is 17.7 Å². The second-order valence-electron chi connectivity index (χ2n) is 8.56. The normalized spacial score (nSPS) is 22.1. The Morgan fingerprint density at radius 1 is 1.29 bits per heavy atom. The van der Waals surface area contributed by atoms with Crippen LogP contribution in [0.3, 0.4) is 0 Å². The zero-order valence-corrected chi connectivity index (χ0v) is 17.6. The third-order valence-electron chi connectivity index (χ3n) is 6.47. The molecule has 0 aromatic carbocycles. The monoisotopic (exact) mass is 434 g/mol. The van der Waals surface area contributed by atoms with Crippen LogP contribution < -0.4 is 5.73 Å². The lowest BCUT2D eigenvalue weighted by Gasteiger charge is -2.26. The van der Waals surface area contributed by atoms with Crippen molar-refractivity contribution in [3.05, 3.63) is 75.8 Å². The Morgan fingerprint density at radius 2 is 2.16 bits per heavy atom. The highest BCUT2D eigenvalue weighted by molar-refractivity contribution is 6.30. The van der Waals surface area contributed by atoms with Gasteiger partial charge in [0.05, 0.1) is 23.0 Å². The Balaban J connectivity index is 1.49. The molecular formula is C23H20ClFN6. The number of nitrogens with two attached hydrogens (primary N) is 1. The van der Waals surface area contributed by atoms with Gasteiger partial charge in [0.2, 0.25) is 0 Å². The zero-order chi connectivity index (χ0) is 21.3. The number of pyridine rings is 1. The Labute approximate surface area is 183 Å². The predicted octanol–water partition coefficient (Wildman–Crippen LogP) is 4.06. The highest BCUT2D eigenvalue weighted by Crippen LogP contribution is 2.45.